The highest BCUT2D eigenvalue weighted by Crippen LogP contribution is 2.25. The number of hydrogen-bond donors (Lipinski definition) is 3. The van der Waals surface area contributed by atoms with Gasteiger partial charge in [0.2, 0.25) is 0 Å². The fraction of sp³-hybridized carbons (Fsp3) is 0.133. The number of carbonyl (C=O) groups excluding carboxylic acids is 1. The van der Waals surface area contributed by atoms with Gasteiger partial charge in [0.1, 0.15) is 5.75 Å². The molecule has 0 unspecified atom stereocenters. The first-order valence-corrected chi connectivity index (χ1v) is 6.03. The minimum atomic E-state index is -0.305. The molecule has 0 saturated heterocycles. The molecule has 2 aromatic rings. The third kappa shape index (κ3) is 3.20. The second-order valence-corrected chi connectivity index (χ2v) is 4.21. The van der Waals surface area contributed by atoms with Crippen LogP contribution < -0.4 is 10.1 Å². The highest BCUT2D eigenvalue weighted by molar-refractivity contribution is 5.99. The molecular formula is C15H15NO4. The quantitative estimate of drug-likeness (QED) is 0.576. The van der Waals surface area contributed by atoms with E-state index in [2.05, 4.69) is 5.32 Å². The largest absolute Gasteiger partial charge is 0.504 e. The zero-order chi connectivity index (χ0) is 14.5. The van der Waals surface area contributed by atoms with Crippen LogP contribution >= 0.6 is 0 Å². The maximum atomic E-state index is 11.9. The molecule has 0 aliphatic rings. The SMILES string of the molecule is COc1ccc(NCC(=O)c2ccc(O)c(O)c2)cc1. The van der Waals surface area contributed by atoms with Crippen molar-refractivity contribution in [1.29, 1.82) is 0 Å². The van der Waals surface area contributed by atoms with Gasteiger partial charge in [-0.2, -0.15) is 0 Å². The lowest BCUT2D eigenvalue weighted by atomic mass is 10.1. The molecule has 2 aromatic carbocycles. The summed E-state index contributed by atoms with van der Waals surface area (Å²) in [6.07, 6.45) is 0. The average molecular weight is 273 g/mol. The molecule has 0 spiro atoms. The average Bonchev–Trinajstić information content (AvgIpc) is 2.48. The van der Waals surface area contributed by atoms with Gasteiger partial charge in [-0.15, -0.1) is 0 Å². The van der Waals surface area contributed by atoms with Crippen LogP contribution in [0.25, 0.3) is 0 Å². The van der Waals surface area contributed by atoms with Crippen molar-refractivity contribution in [1.82, 2.24) is 0 Å². The van der Waals surface area contributed by atoms with E-state index in [1.807, 2.05) is 0 Å². The Hall–Kier alpha value is -2.69. The van der Waals surface area contributed by atoms with Crippen LogP contribution in [0.2, 0.25) is 0 Å². The van der Waals surface area contributed by atoms with Gasteiger partial charge in [-0.05, 0) is 42.5 Å². The lowest BCUT2D eigenvalue weighted by molar-refractivity contribution is 0.101. The number of methoxy groups -OCH3 is 1. The number of carbonyl (C=O) groups is 1. The number of anilines is 1. The van der Waals surface area contributed by atoms with Gasteiger partial charge in [-0.1, -0.05) is 0 Å². The third-order valence-corrected chi connectivity index (χ3v) is 2.84. The van der Waals surface area contributed by atoms with Crippen molar-refractivity contribution in [2.45, 2.75) is 0 Å². The second kappa shape index (κ2) is 5.97. The molecule has 0 atom stereocenters. The first-order chi connectivity index (χ1) is 9.60. The van der Waals surface area contributed by atoms with Crippen LogP contribution in [0.5, 0.6) is 17.2 Å². The number of nitrogens with one attached hydrogen (secondary N) is 1. The Labute approximate surface area is 116 Å². The molecule has 5 heteroatoms. The zero-order valence-corrected chi connectivity index (χ0v) is 11.0. The number of rotatable bonds is 5. The van der Waals surface area contributed by atoms with Crippen LogP contribution in [0.15, 0.2) is 42.5 Å². The van der Waals surface area contributed by atoms with Crippen molar-refractivity contribution in [3.05, 3.63) is 48.0 Å². The molecule has 0 aromatic heterocycles. The van der Waals surface area contributed by atoms with Gasteiger partial charge in [0.05, 0.1) is 13.7 Å². The minimum Gasteiger partial charge on any atom is -0.504 e. The Kier molecular flexibility index (Phi) is 4.10. The Balaban J connectivity index is 1.98. The standard InChI is InChI=1S/C15H15NO4/c1-20-12-5-3-11(4-6-12)16-9-15(19)10-2-7-13(17)14(18)8-10/h2-8,16-18H,9H2,1H3. The monoisotopic (exact) mass is 273 g/mol. The van der Waals surface area contributed by atoms with E-state index in [0.29, 0.717) is 5.56 Å². The summed E-state index contributed by atoms with van der Waals surface area (Å²) in [4.78, 5) is 11.9. The Morgan fingerprint density at radius 1 is 1.10 bits per heavy atom. The van der Waals surface area contributed by atoms with Crippen molar-refractivity contribution < 1.29 is 19.7 Å². The molecule has 104 valence electrons. The van der Waals surface area contributed by atoms with Crippen LogP contribution in [0.1, 0.15) is 10.4 Å². The van der Waals surface area contributed by atoms with Gasteiger partial charge >= 0.3 is 0 Å². The van der Waals surface area contributed by atoms with E-state index < -0.39 is 0 Å². The summed E-state index contributed by atoms with van der Waals surface area (Å²) in [5, 5.41) is 21.5. The van der Waals surface area contributed by atoms with E-state index in [-0.39, 0.29) is 23.8 Å². The number of ether oxygens (including phenoxy) is 1. The molecule has 20 heavy (non-hydrogen) atoms. The number of phenolic OH excluding ortho intramolecular Hbond substituents is 2. The Morgan fingerprint density at radius 3 is 2.40 bits per heavy atom. The number of ketones is 1. The predicted octanol–water partition coefficient (Wildman–Crippen LogP) is 2.40. The minimum absolute atomic E-state index is 0.0938. The van der Waals surface area contributed by atoms with Crippen molar-refractivity contribution >= 4 is 11.5 Å². The number of Topliss-reactive ketones (excluding diaryl/α,β-unsaturated/α-hetero) is 1. The van der Waals surface area contributed by atoms with E-state index >= 15 is 0 Å². The summed E-state index contributed by atoms with van der Waals surface area (Å²) >= 11 is 0. The number of aromatic hydroxyl groups is 2. The van der Waals surface area contributed by atoms with Gasteiger partial charge in [0.15, 0.2) is 17.3 Å². The van der Waals surface area contributed by atoms with Crippen molar-refractivity contribution in [3.63, 3.8) is 0 Å². The first kappa shape index (κ1) is 13.7. The van der Waals surface area contributed by atoms with E-state index in [9.17, 15) is 15.0 Å². The van der Waals surface area contributed by atoms with E-state index in [1.54, 1.807) is 31.4 Å². The van der Waals surface area contributed by atoms with Crippen LogP contribution in [-0.4, -0.2) is 29.7 Å². The molecule has 0 radical (unpaired) electrons. The molecule has 0 fully saturated rings. The summed E-state index contributed by atoms with van der Waals surface area (Å²) in [6, 6.07) is 11.2. The summed E-state index contributed by atoms with van der Waals surface area (Å²) < 4.78 is 5.04. The predicted molar refractivity (Wildman–Crippen MR) is 75.6 cm³/mol. The first-order valence-electron chi connectivity index (χ1n) is 6.03. The van der Waals surface area contributed by atoms with Crippen LogP contribution in [0.3, 0.4) is 0 Å². The number of phenols is 2. The molecule has 3 N–H and O–H groups in total. The molecule has 0 heterocycles. The fourth-order valence-electron chi connectivity index (χ4n) is 1.69. The van der Waals surface area contributed by atoms with Crippen LogP contribution in [0, 0.1) is 0 Å². The maximum absolute atomic E-state index is 11.9. The van der Waals surface area contributed by atoms with Crippen molar-refractivity contribution in [2.75, 3.05) is 19.0 Å². The lowest BCUT2D eigenvalue weighted by Gasteiger charge is -2.07. The smallest absolute Gasteiger partial charge is 0.181 e. The van der Waals surface area contributed by atoms with Crippen LogP contribution in [-0.2, 0) is 0 Å². The van der Waals surface area contributed by atoms with E-state index in [1.165, 1.54) is 18.2 Å². The van der Waals surface area contributed by atoms with Crippen molar-refractivity contribution in [2.24, 2.45) is 0 Å². The van der Waals surface area contributed by atoms with Gasteiger partial charge in [0, 0.05) is 11.3 Å². The topological polar surface area (TPSA) is 78.8 Å². The van der Waals surface area contributed by atoms with Gasteiger partial charge in [-0.3, -0.25) is 4.79 Å². The zero-order valence-electron chi connectivity index (χ0n) is 11.0. The number of benzene rings is 2. The molecule has 0 amide bonds. The Morgan fingerprint density at radius 2 is 1.80 bits per heavy atom. The molecular weight excluding hydrogens is 258 g/mol. The number of hydrogen-bond acceptors (Lipinski definition) is 5. The maximum Gasteiger partial charge on any atom is 0.181 e. The highest BCUT2D eigenvalue weighted by Gasteiger charge is 2.08. The summed E-state index contributed by atoms with van der Waals surface area (Å²) in [5.74, 6) is 0.00594. The van der Waals surface area contributed by atoms with E-state index in [4.69, 9.17) is 4.74 Å². The Bertz CT molecular complexity index is 608. The van der Waals surface area contributed by atoms with Crippen molar-refractivity contribution in [3.8, 4) is 17.2 Å². The fourth-order valence-corrected chi connectivity index (χ4v) is 1.69. The van der Waals surface area contributed by atoms with Gasteiger partial charge in [-0.25, -0.2) is 0 Å². The summed E-state index contributed by atoms with van der Waals surface area (Å²) in [6.45, 7) is 0.0938. The lowest BCUT2D eigenvalue weighted by Crippen LogP contribution is -2.13. The molecule has 0 saturated carbocycles. The summed E-state index contributed by atoms with van der Waals surface area (Å²) in [7, 11) is 1.59. The molecule has 5 nitrogen and oxygen atoms in total. The van der Waals surface area contributed by atoms with E-state index in [0.717, 1.165) is 11.4 Å². The van der Waals surface area contributed by atoms with Crippen LogP contribution in [0.4, 0.5) is 5.69 Å². The molecule has 0 aliphatic carbocycles. The normalized spacial score (nSPS) is 10.1. The molecule has 2 rings (SSSR count). The van der Waals surface area contributed by atoms with Gasteiger partial charge < -0.3 is 20.3 Å². The third-order valence-electron chi connectivity index (χ3n) is 2.84. The van der Waals surface area contributed by atoms with Gasteiger partial charge in [0.25, 0.3) is 0 Å². The molecule has 0 aliphatic heterocycles. The second-order valence-electron chi connectivity index (χ2n) is 4.21. The molecule has 0 bridgehead atoms. The highest BCUT2D eigenvalue weighted by atomic mass is 16.5. The summed E-state index contributed by atoms with van der Waals surface area (Å²) in [5.41, 5.74) is 1.13.